The second-order valence-corrected chi connectivity index (χ2v) is 6.17. The molecule has 1 saturated carbocycles. The molecule has 2 rings (SSSR count). The largest absolute Gasteiger partial charge is 0.271 e. The molecule has 0 radical (unpaired) electrons. The Morgan fingerprint density at radius 1 is 1.44 bits per heavy atom. The molecule has 0 heterocycles. The van der Waals surface area contributed by atoms with Crippen molar-refractivity contribution >= 4 is 15.9 Å². The molecule has 1 aliphatic rings. The predicted octanol–water partition coefficient (Wildman–Crippen LogP) is 3.92. The fourth-order valence-electron chi connectivity index (χ4n) is 3.02. The van der Waals surface area contributed by atoms with Gasteiger partial charge >= 0.3 is 0 Å². The molecular weight excluding hydrogens is 295 g/mol. The van der Waals surface area contributed by atoms with Gasteiger partial charge in [-0.1, -0.05) is 31.9 Å². The van der Waals surface area contributed by atoms with E-state index in [-0.39, 0.29) is 11.9 Å². The smallest absolute Gasteiger partial charge is 0.142 e. The molecule has 3 unspecified atom stereocenters. The van der Waals surface area contributed by atoms with Gasteiger partial charge in [0.25, 0.3) is 0 Å². The van der Waals surface area contributed by atoms with Crippen molar-refractivity contribution < 1.29 is 4.39 Å². The molecule has 1 aromatic carbocycles. The van der Waals surface area contributed by atoms with Crippen molar-refractivity contribution in [3.63, 3.8) is 0 Å². The number of halogens is 2. The summed E-state index contributed by atoms with van der Waals surface area (Å²) in [6, 6.07) is 5.31. The molecule has 0 aliphatic heterocycles. The Morgan fingerprint density at radius 2 is 2.22 bits per heavy atom. The first-order chi connectivity index (χ1) is 8.63. The molecule has 0 saturated heterocycles. The molecule has 3 N–H and O–H groups in total. The van der Waals surface area contributed by atoms with E-state index in [0.717, 1.165) is 12.8 Å². The van der Waals surface area contributed by atoms with Crippen molar-refractivity contribution in [2.75, 3.05) is 0 Å². The molecule has 1 aromatic rings. The standard InChI is InChI=1S/C14H20BrFN2/c1-9-4-2-5-10(8-9)14(18-17)11-6-3-7-12(15)13(11)16/h3,6-7,9-10,14,18H,2,4-5,8,17H2,1H3. The maximum atomic E-state index is 14.1. The molecule has 4 heteroatoms. The lowest BCUT2D eigenvalue weighted by Gasteiger charge is -2.33. The fourth-order valence-corrected chi connectivity index (χ4v) is 3.41. The Bertz CT molecular complexity index is 411. The molecule has 1 aliphatic carbocycles. The number of hydrogen-bond acceptors (Lipinski definition) is 2. The first kappa shape index (κ1) is 14.0. The van der Waals surface area contributed by atoms with E-state index >= 15 is 0 Å². The van der Waals surface area contributed by atoms with Gasteiger partial charge in [0.1, 0.15) is 5.82 Å². The minimum absolute atomic E-state index is 0.0924. The third kappa shape index (κ3) is 2.92. The summed E-state index contributed by atoms with van der Waals surface area (Å²) in [5, 5.41) is 0. The van der Waals surface area contributed by atoms with Gasteiger partial charge in [-0.2, -0.15) is 0 Å². The summed E-state index contributed by atoms with van der Waals surface area (Å²) in [5.74, 6) is 6.59. The average Bonchev–Trinajstić information content (AvgIpc) is 2.35. The van der Waals surface area contributed by atoms with E-state index in [9.17, 15) is 4.39 Å². The minimum atomic E-state index is -0.196. The zero-order valence-electron chi connectivity index (χ0n) is 10.6. The summed E-state index contributed by atoms with van der Waals surface area (Å²) in [5.41, 5.74) is 3.49. The number of hydrazine groups is 1. The quantitative estimate of drug-likeness (QED) is 0.655. The molecule has 18 heavy (non-hydrogen) atoms. The van der Waals surface area contributed by atoms with E-state index in [2.05, 4.69) is 28.3 Å². The molecule has 0 bridgehead atoms. The lowest BCUT2D eigenvalue weighted by atomic mass is 9.77. The second kappa shape index (κ2) is 6.13. The summed E-state index contributed by atoms with van der Waals surface area (Å²) < 4.78 is 14.7. The normalized spacial score (nSPS) is 26.0. The number of rotatable bonds is 3. The van der Waals surface area contributed by atoms with Gasteiger partial charge in [0.2, 0.25) is 0 Å². The predicted molar refractivity (Wildman–Crippen MR) is 75.3 cm³/mol. The minimum Gasteiger partial charge on any atom is -0.271 e. The molecular formula is C14H20BrFN2. The van der Waals surface area contributed by atoms with Crippen LogP contribution in [0.5, 0.6) is 0 Å². The summed E-state index contributed by atoms with van der Waals surface area (Å²) in [6.45, 7) is 2.26. The lowest BCUT2D eigenvalue weighted by molar-refractivity contribution is 0.221. The van der Waals surface area contributed by atoms with Gasteiger partial charge < -0.3 is 0 Å². The highest BCUT2D eigenvalue weighted by molar-refractivity contribution is 9.10. The molecule has 1 fully saturated rings. The van der Waals surface area contributed by atoms with Crippen LogP contribution in [0, 0.1) is 17.7 Å². The van der Waals surface area contributed by atoms with Crippen LogP contribution in [0.2, 0.25) is 0 Å². The van der Waals surface area contributed by atoms with E-state index in [1.54, 1.807) is 6.07 Å². The maximum absolute atomic E-state index is 14.1. The van der Waals surface area contributed by atoms with Gasteiger partial charge in [-0.15, -0.1) is 0 Å². The van der Waals surface area contributed by atoms with Crippen LogP contribution in [-0.4, -0.2) is 0 Å². The molecule has 0 amide bonds. The van der Waals surface area contributed by atoms with Crippen LogP contribution in [0.4, 0.5) is 4.39 Å². The van der Waals surface area contributed by atoms with Gasteiger partial charge in [-0.05, 0) is 46.7 Å². The van der Waals surface area contributed by atoms with Gasteiger partial charge in [0.15, 0.2) is 0 Å². The summed E-state index contributed by atoms with van der Waals surface area (Å²) in [7, 11) is 0. The molecule has 100 valence electrons. The Hall–Kier alpha value is -0.450. The van der Waals surface area contributed by atoms with Crippen LogP contribution in [0.15, 0.2) is 22.7 Å². The van der Waals surface area contributed by atoms with Crippen molar-refractivity contribution in [3.8, 4) is 0 Å². The zero-order valence-corrected chi connectivity index (χ0v) is 12.2. The van der Waals surface area contributed by atoms with E-state index in [1.807, 2.05) is 12.1 Å². The maximum Gasteiger partial charge on any atom is 0.142 e. The first-order valence-corrected chi connectivity index (χ1v) is 7.32. The van der Waals surface area contributed by atoms with Gasteiger partial charge in [0, 0.05) is 5.56 Å². The van der Waals surface area contributed by atoms with Crippen molar-refractivity contribution in [2.24, 2.45) is 17.7 Å². The van der Waals surface area contributed by atoms with Crippen LogP contribution in [-0.2, 0) is 0 Å². The Labute approximate surface area is 116 Å². The van der Waals surface area contributed by atoms with E-state index < -0.39 is 0 Å². The Morgan fingerprint density at radius 3 is 2.89 bits per heavy atom. The number of benzene rings is 1. The summed E-state index contributed by atoms with van der Waals surface area (Å²) in [4.78, 5) is 0. The van der Waals surface area contributed by atoms with Crippen LogP contribution >= 0.6 is 15.9 Å². The number of nitrogens with two attached hydrogens (primary N) is 1. The molecule has 2 nitrogen and oxygen atoms in total. The topological polar surface area (TPSA) is 38.0 Å². The van der Waals surface area contributed by atoms with Crippen LogP contribution < -0.4 is 11.3 Å². The van der Waals surface area contributed by atoms with Gasteiger partial charge in [0.05, 0.1) is 10.5 Å². The van der Waals surface area contributed by atoms with Gasteiger partial charge in [-0.25, -0.2) is 4.39 Å². The van der Waals surface area contributed by atoms with Crippen LogP contribution in [0.1, 0.15) is 44.2 Å². The van der Waals surface area contributed by atoms with Crippen LogP contribution in [0.3, 0.4) is 0 Å². The van der Waals surface area contributed by atoms with Gasteiger partial charge in [-0.3, -0.25) is 11.3 Å². The molecule has 0 aromatic heterocycles. The first-order valence-electron chi connectivity index (χ1n) is 6.53. The average molecular weight is 315 g/mol. The highest BCUT2D eigenvalue weighted by atomic mass is 79.9. The van der Waals surface area contributed by atoms with Crippen molar-refractivity contribution in [3.05, 3.63) is 34.1 Å². The van der Waals surface area contributed by atoms with E-state index in [4.69, 9.17) is 5.84 Å². The van der Waals surface area contributed by atoms with E-state index in [1.165, 1.54) is 12.8 Å². The molecule has 0 spiro atoms. The zero-order chi connectivity index (χ0) is 13.1. The third-order valence-electron chi connectivity index (χ3n) is 3.94. The second-order valence-electron chi connectivity index (χ2n) is 5.32. The third-order valence-corrected chi connectivity index (χ3v) is 4.56. The van der Waals surface area contributed by atoms with Crippen LogP contribution in [0.25, 0.3) is 0 Å². The van der Waals surface area contributed by atoms with Crippen molar-refractivity contribution in [1.29, 1.82) is 0 Å². The van der Waals surface area contributed by atoms with Crippen molar-refractivity contribution in [1.82, 2.24) is 5.43 Å². The number of nitrogens with one attached hydrogen (secondary N) is 1. The highest BCUT2D eigenvalue weighted by Crippen LogP contribution is 2.38. The number of hydrogen-bond donors (Lipinski definition) is 2. The van der Waals surface area contributed by atoms with E-state index in [0.29, 0.717) is 21.9 Å². The SMILES string of the molecule is CC1CCCC(C(NN)c2cccc(Br)c2F)C1. The fraction of sp³-hybridized carbons (Fsp3) is 0.571. The molecule has 3 atom stereocenters. The van der Waals surface area contributed by atoms with Crippen molar-refractivity contribution in [2.45, 2.75) is 38.6 Å². The summed E-state index contributed by atoms with van der Waals surface area (Å²) >= 11 is 3.24. The highest BCUT2D eigenvalue weighted by Gasteiger charge is 2.29. The lowest BCUT2D eigenvalue weighted by Crippen LogP contribution is -2.36. The monoisotopic (exact) mass is 314 g/mol. The Kier molecular flexibility index (Phi) is 4.76. The summed E-state index contributed by atoms with van der Waals surface area (Å²) in [6.07, 6.45) is 4.71. The Balaban J connectivity index is 2.24.